The monoisotopic (exact) mass is 298 g/mol. The summed E-state index contributed by atoms with van der Waals surface area (Å²) in [7, 11) is -3.60. The molecule has 0 aliphatic carbocycles. The van der Waals surface area contributed by atoms with E-state index >= 15 is 0 Å². The van der Waals surface area contributed by atoms with Crippen molar-refractivity contribution >= 4 is 15.7 Å². The van der Waals surface area contributed by atoms with Crippen molar-refractivity contribution in [3.63, 3.8) is 0 Å². The van der Waals surface area contributed by atoms with Crippen molar-refractivity contribution in [1.29, 1.82) is 0 Å². The average molecular weight is 298 g/mol. The molecule has 2 rings (SSSR count). The third-order valence-corrected chi connectivity index (χ3v) is 6.13. The van der Waals surface area contributed by atoms with Crippen molar-refractivity contribution in [2.75, 3.05) is 18.8 Å². The smallest absolute Gasteiger partial charge is 0.243 e. The van der Waals surface area contributed by atoms with E-state index in [1.165, 1.54) is 10.4 Å². The maximum atomic E-state index is 12.7. The average Bonchev–Trinajstić information content (AvgIpc) is 2.36. The molecular weight excluding hydrogens is 276 g/mol. The van der Waals surface area contributed by atoms with Gasteiger partial charge in [-0.2, -0.15) is 4.31 Å². The normalized spacial score (nSPS) is 24.8. The van der Waals surface area contributed by atoms with E-state index in [1.807, 2.05) is 13.8 Å². The molecule has 1 aliphatic heterocycles. The van der Waals surface area contributed by atoms with Crippen LogP contribution < -0.4 is 5.73 Å². The van der Waals surface area contributed by atoms with Crippen molar-refractivity contribution in [2.45, 2.75) is 38.2 Å². The quantitative estimate of drug-likeness (QED) is 0.806. The lowest BCUT2D eigenvalue weighted by molar-refractivity contribution is 0.0605. The molecule has 1 aliphatic rings. The Morgan fingerprint density at radius 3 is 2.60 bits per heavy atom. The Labute approximate surface area is 120 Å². The third-order valence-electron chi connectivity index (χ3n) is 4.14. The van der Waals surface area contributed by atoms with Gasteiger partial charge >= 0.3 is 0 Å². The van der Waals surface area contributed by atoms with Crippen LogP contribution in [0.3, 0.4) is 0 Å². The van der Waals surface area contributed by atoms with Crippen LogP contribution >= 0.6 is 0 Å². The van der Waals surface area contributed by atoms with Gasteiger partial charge in [-0.3, -0.25) is 0 Å². The van der Waals surface area contributed by atoms with Gasteiger partial charge < -0.3 is 10.8 Å². The molecule has 0 spiro atoms. The SMILES string of the molecule is Cc1cc(N)cc(S(=O)(=O)N2CCC(C)C(O)C2)c1C. The summed E-state index contributed by atoms with van der Waals surface area (Å²) in [6.45, 7) is 6.15. The Hall–Kier alpha value is -1.11. The molecule has 0 bridgehead atoms. The number of aliphatic hydroxyl groups excluding tert-OH is 1. The molecule has 20 heavy (non-hydrogen) atoms. The number of aryl methyl sites for hydroxylation is 1. The summed E-state index contributed by atoms with van der Waals surface area (Å²) in [4.78, 5) is 0.247. The van der Waals surface area contributed by atoms with Crippen LogP contribution in [0.5, 0.6) is 0 Å². The minimum atomic E-state index is -3.60. The summed E-state index contributed by atoms with van der Waals surface area (Å²) in [6, 6.07) is 3.27. The molecule has 1 aromatic carbocycles. The van der Waals surface area contributed by atoms with Crippen LogP contribution in [-0.2, 0) is 10.0 Å². The van der Waals surface area contributed by atoms with Crippen LogP contribution in [0.2, 0.25) is 0 Å². The Morgan fingerprint density at radius 1 is 1.35 bits per heavy atom. The van der Waals surface area contributed by atoms with Gasteiger partial charge in [-0.25, -0.2) is 8.42 Å². The van der Waals surface area contributed by atoms with Gasteiger partial charge in [-0.05, 0) is 49.4 Å². The lowest BCUT2D eigenvalue weighted by Crippen LogP contribution is -2.45. The zero-order chi connectivity index (χ0) is 15.1. The minimum absolute atomic E-state index is 0.130. The van der Waals surface area contributed by atoms with Crippen LogP contribution in [0, 0.1) is 19.8 Å². The highest BCUT2D eigenvalue weighted by Crippen LogP contribution is 2.28. The summed E-state index contributed by atoms with van der Waals surface area (Å²) in [5, 5.41) is 9.91. The van der Waals surface area contributed by atoms with E-state index in [2.05, 4.69) is 0 Å². The number of nitrogens with two attached hydrogens (primary N) is 1. The van der Waals surface area contributed by atoms with Gasteiger partial charge in [0.25, 0.3) is 0 Å². The molecule has 2 atom stereocenters. The maximum Gasteiger partial charge on any atom is 0.243 e. The van der Waals surface area contributed by atoms with Gasteiger partial charge in [-0.15, -0.1) is 0 Å². The summed E-state index contributed by atoms with van der Waals surface area (Å²) >= 11 is 0. The molecular formula is C14H22N2O3S. The number of nitrogens with zero attached hydrogens (tertiary/aromatic N) is 1. The first-order valence-corrected chi connectivity index (χ1v) is 8.22. The van der Waals surface area contributed by atoms with Crippen molar-refractivity contribution in [3.05, 3.63) is 23.3 Å². The number of sulfonamides is 1. The van der Waals surface area contributed by atoms with Crippen LogP contribution in [0.4, 0.5) is 5.69 Å². The number of nitrogen functional groups attached to an aromatic ring is 1. The Balaban J connectivity index is 2.41. The molecule has 2 unspecified atom stereocenters. The lowest BCUT2D eigenvalue weighted by Gasteiger charge is -2.33. The summed E-state index contributed by atoms with van der Waals surface area (Å²) in [5.74, 6) is 0.130. The number of β-amino-alcohol motifs (C(OH)–C–C–N with tert-alkyl or cyclic N) is 1. The van der Waals surface area contributed by atoms with Gasteiger partial charge in [0.2, 0.25) is 10.0 Å². The highest BCUT2D eigenvalue weighted by molar-refractivity contribution is 7.89. The van der Waals surface area contributed by atoms with Gasteiger partial charge in [0.05, 0.1) is 11.0 Å². The number of benzene rings is 1. The zero-order valence-electron chi connectivity index (χ0n) is 12.1. The van der Waals surface area contributed by atoms with Gasteiger partial charge in [0, 0.05) is 18.8 Å². The maximum absolute atomic E-state index is 12.7. The molecule has 5 nitrogen and oxygen atoms in total. The summed E-state index contributed by atoms with van der Waals surface area (Å²) in [6.07, 6.45) is 0.0572. The molecule has 0 saturated carbocycles. The number of anilines is 1. The molecule has 0 aromatic heterocycles. The van der Waals surface area contributed by atoms with Crippen molar-refractivity contribution in [2.24, 2.45) is 5.92 Å². The van der Waals surface area contributed by atoms with E-state index < -0.39 is 16.1 Å². The first-order chi connectivity index (χ1) is 9.23. The molecule has 1 fully saturated rings. The fourth-order valence-electron chi connectivity index (χ4n) is 2.50. The highest BCUT2D eigenvalue weighted by atomic mass is 32.2. The largest absolute Gasteiger partial charge is 0.399 e. The number of piperidine rings is 1. The minimum Gasteiger partial charge on any atom is -0.399 e. The standard InChI is InChI=1S/C14H22N2O3S/c1-9-4-5-16(8-13(9)17)20(18,19)14-7-12(15)6-10(2)11(14)3/h6-7,9,13,17H,4-5,8,15H2,1-3H3. The third kappa shape index (κ3) is 2.68. The van der Waals surface area contributed by atoms with Gasteiger partial charge in [-0.1, -0.05) is 6.92 Å². The Morgan fingerprint density at radius 2 is 2.00 bits per heavy atom. The zero-order valence-corrected chi connectivity index (χ0v) is 12.9. The predicted molar refractivity (Wildman–Crippen MR) is 78.9 cm³/mol. The fraction of sp³-hybridized carbons (Fsp3) is 0.571. The van der Waals surface area contributed by atoms with E-state index in [4.69, 9.17) is 5.73 Å². The second-order valence-electron chi connectivity index (χ2n) is 5.66. The summed E-state index contributed by atoms with van der Waals surface area (Å²) in [5.41, 5.74) is 7.78. The summed E-state index contributed by atoms with van der Waals surface area (Å²) < 4.78 is 26.8. The van der Waals surface area contributed by atoms with E-state index in [9.17, 15) is 13.5 Å². The second-order valence-corrected chi connectivity index (χ2v) is 7.56. The van der Waals surface area contributed by atoms with Crippen molar-refractivity contribution in [1.82, 2.24) is 4.31 Å². The molecule has 6 heteroatoms. The Bertz CT molecular complexity index is 613. The molecule has 3 N–H and O–H groups in total. The lowest BCUT2D eigenvalue weighted by atomic mass is 9.98. The van der Waals surface area contributed by atoms with Crippen LogP contribution in [0.1, 0.15) is 24.5 Å². The molecule has 0 amide bonds. The van der Waals surface area contributed by atoms with E-state index in [1.54, 1.807) is 13.0 Å². The molecule has 112 valence electrons. The first-order valence-electron chi connectivity index (χ1n) is 6.78. The van der Waals surface area contributed by atoms with E-state index in [0.717, 1.165) is 5.56 Å². The van der Waals surface area contributed by atoms with Crippen molar-refractivity contribution in [3.8, 4) is 0 Å². The number of rotatable bonds is 2. The predicted octanol–water partition coefficient (Wildman–Crippen LogP) is 1.28. The van der Waals surface area contributed by atoms with Gasteiger partial charge in [0.1, 0.15) is 0 Å². The fourth-order valence-corrected chi connectivity index (χ4v) is 4.30. The van der Waals surface area contributed by atoms with Crippen LogP contribution in [-0.4, -0.2) is 37.0 Å². The van der Waals surface area contributed by atoms with Crippen molar-refractivity contribution < 1.29 is 13.5 Å². The molecule has 0 radical (unpaired) electrons. The number of hydrogen-bond donors (Lipinski definition) is 2. The van der Waals surface area contributed by atoms with Crippen LogP contribution in [0.15, 0.2) is 17.0 Å². The molecule has 1 saturated heterocycles. The molecule has 1 heterocycles. The first kappa shape index (κ1) is 15.3. The topological polar surface area (TPSA) is 83.6 Å². The second kappa shape index (κ2) is 5.35. The molecule has 1 aromatic rings. The highest BCUT2D eigenvalue weighted by Gasteiger charge is 2.33. The number of aliphatic hydroxyl groups is 1. The van der Waals surface area contributed by atoms with Gasteiger partial charge in [0.15, 0.2) is 0 Å². The van der Waals surface area contributed by atoms with E-state index in [-0.39, 0.29) is 17.4 Å². The van der Waals surface area contributed by atoms with E-state index in [0.29, 0.717) is 24.2 Å². The number of hydrogen-bond acceptors (Lipinski definition) is 4. The van der Waals surface area contributed by atoms with Crippen LogP contribution in [0.25, 0.3) is 0 Å². The Kier molecular flexibility index (Phi) is 4.09.